The highest BCUT2D eigenvalue weighted by Gasteiger charge is 2.11. The molecule has 0 saturated heterocycles. The first-order valence-corrected chi connectivity index (χ1v) is 3.84. The first kappa shape index (κ1) is 10.4. The molecule has 1 unspecified atom stereocenters. The van der Waals surface area contributed by atoms with Gasteiger partial charge in [0, 0.05) is 0 Å². The number of amides is 1. The summed E-state index contributed by atoms with van der Waals surface area (Å²) in [5, 5.41) is 0. The second-order valence-corrected chi connectivity index (χ2v) is 3.09. The van der Waals surface area contributed by atoms with Gasteiger partial charge in [-0.05, 0) is 18.8 Å². The number of nitrogens with two attached hydrogens (primary N) is 2. The van der Waals surface area contributed by atoms with Crippen molar-refractivity contribution in [1.29, 1.82) is 0 Å². The highest BCUT2D eigenvalue weighted by Crippen LogP contribution is 2.04. The third-order valence-electron chi connectivity index (χ3n) is 1.53. The first-order chi connectivity index (χ1) is 5.07. The Morgan fingerprint density at radius 1 is 1.45 bits per heavy atom. The lowest BCUT2D eigenvalue weighted by atomic mass is 10.0. The minimum absolute atomic E-state index is 0.286. The van der Waals surface area contributed by atoms with Gasteiger partial charge < -0.3 is 5.73 Å². The molecule has 11 heavy (non-hydrogen) atoms. The molecule has 66 valence electrons. The Labute approximate surface area is 67.3 Å². The maximum atomic E-state index is 10.8. The Morgan fingerprint density at radius 3 is 2.36 bits per heavy atom. The molecule has 0 bridgehead atoms. The third kappa shape index (κ3) is 4.75. The van der Waals surface area contributed by atoms with Gasteiger partial charge in [-0.1, -0.05) is 13.8 Å². The van der Waals surface area contributed by atoms with Crippen molar-refractivity contribution in [2.24, 2.45) is 17.5 Å². The van der Waals surface area contributed by atoms with Gasteiger partial charge in [0.25, 0.3) is 5.91 Å². The fourth-order valence-corrected chi connectivity index (χ4v) is 0.751. The second kappa shape index (κ2) is 5.09. The third-order valence-corrected chi connectivity index (χ3v) is 1.53. The van der Waals surface area contributed by atoms with Crippen molar-refractivity contribution in [3.8, 4) is 0 Å². The number of nitrogens with one attached hydrogen (secondary N) is 1. The molecule has 0 saturated carbocycles. The fourth-order valence-electron chi connectivity index (χ4n) is 0.751. The molecule has 0 aromatic heterocycles. The van der Waals surface area contributed by atoms with Crippen LogP contribution in [-0.4, -0.2) is 11.9 Å². The van der Waals surface area contributed by atoms with Crippen LogP contribution in [0.4, 0.5) is 0 Å². The van der Waals surface area contributed by atoms with E-state index in [1.807, 2.05) is 5.43 Å². The summed E-state index contributed by atoms with van der Waals surface area (Å²) in [6.45, 7) is 4.18. The molecule has 0 aliphatic rings. The lowest BCUT2D eigenvalue weighted by molar-refractivity contribution is -0.122. The molecule has 4 nitrogen and oxygen atoms in total. The van der Waals surface area contributed by atoms with E-state index in [9.17, 15) is 4.79 Å². The fraction of sp³-hybridized carbons (Fsp3) is 0.857. The molecule has 0 aliphatic heterocycles. The molecule has 1 atom stereocenters. The number of hydrogen-bond acceptors (Lipinski definition) is 3. The van der Waals surface area contributed by atoms with Crippen LogP contribution < -0.4 is 17.0 Å². The van der Waals surface area contributed by atoms with Crippen molar-refractivity contribution in [3.05, 3.63) is 0 Å². The van der Waals surface area contributed by atoms with Crippen molar-refractivity contribution >= 4 is 5.91 Å². The van der Waals surface area contributed by atoms with Gasteiger partial charge in [-0.25, -0.2) is 5.84 Å². The van der Waals surface area contributed by atoms with Crippen molar-refractivity contribution in [1.82, 2.24) is 5.43 Å². The van der Waals surface area contributed by atoms with Gasteiger partial charge in [0.1, 0.15) is 0 Å². The zero-order chi connectivity index (χ0) is 8.85. The van der Waals surface area contributed by atoms with Crippen LogP contribution in [0, 0.1) is 5.92 Å². The van der Waals surface area contributed by atoms with E-state index in [1.54, 1.807) is 0 Å². The highest BCUT2D eigenvalue weighted by molar-refractivity contribution is 5.80. The molecular weight excluding hydrogens is 142 g/mol. The van der Waals surface area contributed by atoms with Gasteiger partial charge >= 0.3 is 0 Å². The summed E-state index contributed by atoms with van der Waals surface area (Å²) >= 11 is 0. The predicted octanol–water partition coefficient (Wildman–Crippen LogP) is -0.260. The van der Waals surface area contributed by atoms with Gasteiger partial charge in [0.05, 0.1) is 6.04 Å². The molecule has 1 amide bonds. The van der Waals surface area contributed by atoms with Gasteiger partial charge in [-0.2, -0.15) is 0 Å². The highest BCUT2D eigenvalue weighted by atomic mass is 16.2. The molecule has 0 spiro atoms. The zero-order valence-corrected chi connectivity index (χ0v) is 7.13. The summed E-state index contributed by atoms with van der Waals surface area (Å²) in [6, 6.07) is -0.456. The first-order valence-electron chi connectivity index (χ1n) is 3.84. The molecule has 0 aliphatic carbocycles. The molecule has 5 N–H and O–H groups in total. The van der Waals surface area contributed by atoms with E-state index in [0.717, 1.165) is 6.42 Å². The largest absolute Gasteiger partial charge is 0.320 e. The lowest BCUT2D eigenvalue weighted by Crippen LogP contribution is -2.43. The number of carbonyl (C=O) groups is 1. The molecule has 0 radical (unpaired) electrons. The quantitative estimate of drug-likeness (QED) is 0.300. The Kier molecular flexibility index (Phi) is 4.81. The van der Waals surface area contributed by atoms with E-state index in [1.165, 1.54) is 0 Å². The maximum Gasteiger partial charge on any atom is 0.250 e. The summed E-state index contributed by atoms with van der Waals surface area (Å²) in [6.07, 6.45) is 1.65. The van der Waals surface area contributed by atoms with E-state index in [0.29, 0.717) is 12.3 Å². The molecule has 0 rings (SSSR count). The number of hydrazine groups is 1. The Morgan fingerprint density at radius 2 is 2.00 bits per heavy atom. The smallest absolute Gasteiger partial charge is 0.250 e. The summed E-state index contributed by atoms with van der Waals surface area (Å²) in [4.78, 5) is 10.8. The van der Waals surface area contributed by atoms with E-state index in [2.05, 4.69) is 13.8 Å². The normalized spacial score (nSPS) is 13.2. The van der Waals surface area contributed by atoms with E-state index in [-0.39, 0.29) is 5.91 Å². The number of carbonyl (C=O) groups excluding carboxylic acids is 1. The average Bonchev–Trinajstić information content (AvgIpc) is 1.98. The molecule has 0 fully saturated rings. The number of rotatable bonds is 4. The van der Waals surface area contributed by atoms with Crippen molar-refractivity contribution in [2.75, 3.05) is 0 Å². The average molecular weight is 159 g/mol. The minimum atomic E-state index is -0.456. The maximum absolute atomic E-state index is 10.8. The van der Waals surface area contributed by atoms with Crippen molar-refractivity contribution < 1.29 is 4.79 Å². The summed E-state index contributed by atoms with van der Waals surface area (Å²) < 4.78 is 0. The SMILES string of the molecule is CC(C)CCC(N)C(=O)NN. The van der Waals surface area contributed by atoms with Crippen molar-refractivity contribution in [2.45, 2.75) is 32.7 Å². The summed E-state index contributed by atoms with van der Waals surface area (Å²) in [5.41, 5.74) is 7.51. The molecular formula is C7H17N3O. The van der Waals surface area contributed by atoms with Crippen LogP contribution in [0.1, 0.15) is 26.7 Å². The zero-order valence-electron chi connectivity index (χ0n) is 7.13. The van der Waals surface area contributed by atoms with Crippen molar-refractivity contribution in [3.63, 3.8) is 0 Å². The Bertz CT molecular complexity index is 125. The Hall–Kier alpha value is -0.610. The van der Waals surface area contributed by atoms with Crippen LogP contribution in [0.5, 0.6) is 0 Å². The van der Waals surface area contributed by atoms with Gasteiger partial charge in [-0.15, -0.1) is 0 Å². The van der Waals surface area contributed by atoms with Gasteiger partial charge in [-0.3, -0.25) is 10.2 Å². The summed E-state index contributed by atoms with van der Waals surface area (Å²) in [5.74, 6) is 5.19. The molecule has 0 heterocycles. The molecule has 0 aromatic rings. The topological polar surface area (TPSA) is 81.1 Å². The predicted molar refractivity (Wildman–Crippen MR) is 44.4 cm³/mol. The Balaban J connectivity index is 3.52. The second-order valence-electron chi connectivity index (χ2n) is 3.09. The minimum Gasteiger partial charge on any atom is -0.320 e. The van der Waals surface area contributed by atoms with Gasteiger partial charge in [0.15, 0.2) is 0 Å². The van der Waals surface area contributed by atoms with Gasteiger partial charge in [0.2, 0.25) is 0 Å². The van der Waals surface area contributed by atoms with Crippen LogP contribution in [-0.2, 0) is 4.79 Å². The van der Waals surface area contributed by atoms with Crippen LogP contribution in [0.25, 0.3) is 0 Å². The van der Waals surface area contributed by atoms with E-state index >= 15 is 0 Å². The van der Waals surface area contributed by atoms with E-state index < -0.39 is 6.04 Å². The van der Waals surface area contributed by atoms with Crippen LogP contribution >= 0.6 is 0 Å². The molecule has 4 heteroatoms. The number of hydrogen-bond donors (Lipinski definition) is 3. The standard InChI is InChI=1S/C7H17N3O/c1-5(2)3-4-6(8)7(11)10-9/h5-6H,3-4,8-9H2,1-2H3,(H,10,11). The van der Waals surface area contributed by atoms with Crippen LogP contribution in [0.2, 0.25) is 0 Å². The lowest BCUT2D eigenvalue weighted by Gasteiger charge is -2.10. The monoisotopic (exact) mass is 159 g/mol. The summed E-state index contributed by atoms with van der Waals surface area (Å²) in [7, 11) is 0. The molecule has 0 aromatic carbocycles. The van der Waals surface area contributed by atoms with Crippen LogP contribution in [0.15, 0.2) is 0 Å². The van der Waals surface area contributed by atoms with E-state index in [4.69, 9.17) is 11.6 Å². The van der Waals surface area contributed by atoms with Crippen LogP contribution in [0.3, 0.4) is 0 Å².